The van der Waals surface area contributed by atoms with E-state index in [1.54, 1.807) is 25.3 Å². The summed E-state index contributed by atoms with van der Waals surface area (Å²) in [5, 5.41) is 13.3. The van der Waals surface area contributed by atoms with Crippen molar-refractivity contribution in [2.24, 2.45) is 5.92 Å². The Morgan fingerprint density at radius 2 is 1.97 bits per heavy atom. The molecule has 1 saturated heterocycles. The molecule has 2 aromatic heterocycles. The molecule has 4 aromatic rings. The molecule has 37 heavy (non-hydrogen) atoms. The first kappa shape index (κ1) is 26.0. The SMILES string of the molecule is COc1cccc(-c2nnc(SCc3nc(C(=O)N4CCC(C)CC4)cs3)n2-c2cc(Cl)ccc2Cl)c1. The molecule has 3 heterocycles. The number of amides is 1. The summed E-state index contributed by atoms with van der Waals surface area (Å²) in [5.74, 6) is 2.53. The summed E-state index contributed by atoms with van der Waals surface area (Å²) in [6, 6.07) is 12.9. The molecule has 5 rings (SSSR count). The van der Waals surface area contributed by atoms with Gasteiger partial charge in [-0.25, -0.2) is 4.98 Å². The number of hydrogen-bond acceptors (Lipinski definition) is 7. The number of methoxy groups -OCH3 is 1. The lowest BCUT2D eigenvalue weighted by Gasteiger charge is -2.29. The summed E-state index contributed by atoms with van der Waals surface area (Å²) < 4.78 is 7.29. The van der Waals surface area contributed by atoms with Gasteiger partial charge in [-0.2, -0.15) is 0 Å². The van der Waals surface area contributed by atoms with Crippen molar-refractivity contribution in [2.75, 3.05) is 20.2 Å². The number of halogens is 2. The van der Waals surface area contributed by atoms with Crippen molar-refractivity contribution in [2.45, 2.75) is 30.7 Å². The van der Waals surface area contributed by atoms with Gasteiger partial charge in [-0.15, -0.1) is 21.5 Å². The zero-order chi connectivity index (χ0) is 25.9. The van der Waals surface area contributed by atoms with Crippen LogP contribution >= 0.6 is 46.3 Å². The number of carbonyl (C=O) groups is 1. The van der Waals surface area contributed by atoms with Gasteiger partial charge < -0.3 is 9.64 Å². The molecule has 0 spiro atoms. The van der Waals surface area contributed by atoms with Crippen molar-refractivity contribution < 1.29 is 9.53 Å². The molecule has 0 unspecified atom stereocenters. The van der Waals surface area contributed by atoms with Crippen LogP contribution in [0.25, 0.3) is 17.1 Å². The predicted octanol–water partition coefficient (Wildman–Crippen LogP) is 6.87. The van der Waals surface area contributed by atoms with E-state index in [1.807, 2.05) is 39.1 Å². The van der Waals surface area contributed by atoms with Crippen molar-refractivity contribution in [3.8, 4) is 22.8 Å². The number of thiazole rings is 1. The summed E-state index contributed by atoms with van der Waals surface area (Å²) in [4.78, 5) is 19.4. The summed E-state index contributed by atoms with van der Waals surface area (Å²) in [7, 11) is 1.62. The lowest BCUT2D eigenvalue weighted by molar-refractivity contribution is 0.0692. The van der Waals surface area contributed by atoms with Crippen LogP contribution in [-0.4, -0.2) is 50.8 Å². The molecule has 0 saturated carbocycles. The maximum absolute atomic E-state index is 12.9. The Bertz CT molecular complexity index is 1420. The molecule has 7 nitrogen and oxygen atoms in total. The minimum Gasteiger partial charge on any atom is -0.497 e. The number of nitrogens with zero attached hydrogens (tertiary/aromatic N) is 5. The van der Waals surface area contributed by atoms with Crippen LogP contribution in [0, 0.1) is 5.92 Å². The van der Waals surface area contributed by atoms with E-state index in [0.29, 0.717) is 49.8 Å². The van der Waals surface area contributed by atoms with Crippen LogP contribution in [-0.2, 0) is 5.75 Å². The first-order valence-corrected chi connectivity index (χ1v) is 14.5. The normalized spacial score (nSPS) is 14.2. The first-order chi connectivity index (χ1) is 17.9. The monoisotopic (exact) mass is 573 g/mol. The molecule has 1 aliphatic rings. The van der Waals surface area contributed by atoms with E-state index < -0.39 is 0 Å². The number of aromatic nitrogens is 4. The second kappa shape index (κ2) is 11.4. The van der Waals surface area contributed by atoms with Crippen LogP contribution in [0.2, 0.25) is 10.0 Å². The molecule has 0 bridgehead atoms. The van der Waals surface area contributed by atoms with Crippen LogP contribution in [0.15, 0.2) is 53.0 Å². The highest BCUT2D eigenvalue weighted by Crippen LogP contribution is 2.35. The van der Waals surface area contributed by atoms with E-state index in [-0.39, 0.29) is 5.91 Å². The Hall–Kier alpha value is -2.59. The van der Waals surface area contributed by atoms with E-state index >= 15 is 0 Å². The first-order valence-electron chi connectivity index (χ1n) is 11.8. The highest BCUT2D eigenvalue weighted by atomic mass is 35.5. The Morgan fingerprint density at radius 1 is 1.16 bits per heavy atom. The fraction of sp³-hybridized carbons (Fsp3) is 0.308. The lowest BCUT2D eigenvalue weighted by Crippen LogP contribution is -2.38. The van der Waals surface area contributed by atoms with Crippen LogP contribution in [0.4, 0.5) is 0 Å². The third-order valence-corrected chi connectivity index (χ3v) is 8.80. The van der Waals surface area contributed by atoms with E-state index in [0.717, 1.165) is 36.5 Å². The van der Waals surface area contributed by atoms with Crippen LogP contribution in [0.5, 0.6) is 5.75 Å². The summed E-state index contributed by atoms with van der Waals surface area (Å²) in [6.45, 7) is 3.81. The van der Waals surface area contributed by atoms with E-state index in [1.165, 1.54) is 23.1 Å². The number of rotatable bonds is 7. The van der Waals surface area contributed by atoms with Crippen LogP contribution < -0.4 is 4.74 Å². The predicted molar refractivity (Wildman–Crippen MR) is 149 cm³/mol. The topological polar surface area (TPSA) is 73.1 Å². The maximum Gasteiger partial charge on any atom is 0.273 e. The third-order valence-electron chi connectivity index (χ3n) is 6.28. The van der Waals surface area contributed by atoms with Crippen molar-refractivity contribution in [1.29, 1.82) is 0 Å². The van der Waals surface area contributed by atoms with Gasteiger partial charge in [0.1, 0.15) is 16.5 Å². The number of ether oxygens (including phenoxy) is 1. The van der Waals surface area contributed by atoms with E-state index in [2.05, 4.69) is 22.1 Å². The number of benzene rings is 2. The average Bonchev–Trinajstić information content (AvgIpc) is 3.56. The van der Waals surface area contributed by atoms with Crippen molar-refractivity contribution in [3.63, 3.8) is 0 Å². The molecule has 0 atom stereocenters. The van der Waals surface area contributed by atoms with Gasteiger partial charge in [0.25, 0.3) is 5.91 Å². The number of hydrogen-bond donors (Lipinski definition) is 0. The van der Waals surface area contributed by atoms with Crippen molar-refractivity contribution >= 4 is 52.2 Å². The average molecular weight is 575 g/mol. The van der Waals surface area contributed by atoms with Crippen LogP contribution in [0.1, 0.15) is 35.3 Å². The van der Waals surface area contributed by atoms with Crippen LogP contribution in [0.3, 0.4) is 0 Å². The van der Waals surface area contributed by atoms with Gasteiger partial charge >= 0.3 is 0 Å². The third kappa shape index (κ3) is 5.80. The highest BCUT2D eigenvalue weighted by molar-refractivity contribution is 7.98. The van der Waals surface area contributed by atoms with Gasteiger partial charge in [0.15, 0.2) is 11.0 Å². The standard InChI is InChI=1S/C26H25Cl2N5O2S2/c1-16-8-10-32(11-9-16)25(34)21-14-36-23(29-21)15-37-26-31-30-24(17-4-3-5-19(12-17)35-2)33(26)22-13-18(27)6-7-20(22)28/h3-7,12-14,16H,8-11,15H2,1-2H3. The fourth-order valence-electron chi connectivity index (χ4n) is 4.16. The number of likely N-dealkylation sites (tertiary alicyclic amines) is 1. The number of thioether (sulfide) groups is 1. The lowest BCUT2D eigenvalue weighted by atomic mass is 9.99. The summed E-state index contributed by atoms with van der Waals surface area (Å²) >= 11 is 15.9. The second-order valence-corrected chi connectivity index (χ2v) is 11.6. The number of piperidine rings is 1. The minimum atomic E-state index is 0.00795. The van der Waals surface area contributed by atoms with E-state index in [9.17, 15) is 4.79 Å². The second-order valence-electron chi connectivity index (χ2n) is 8.86. The molecule has 1 aliphatic heterocycles. The van der Waals surface area contributed by atoms with Gasteiger partial charge in [-0.3, -0.25) is 9.36 Å². The van der Waals surface area contributed by atoms with Gasteiger partial charge in [-0.1, -0.05) is 54.0 Å². The highest BCUT2D eigenvalue weighted by Gasteiger charge is 2.24. The van der Waals surface area contributed by atoms with Gasteiger partial charge in [-0.05, 0) is 49.1 Å². The zero-order valence-corrected chi connectivity index (χ0v) is 23.5. The molecule has 1 fully saturated rings. The molecule has 0 N–H and O–H groups in total. The quantitative estimate of drug-likeness (QED) is 0.224. The fourth-order valence-corrected chi connectivity index (χ4v) is 6.26. The molecule has 0 aliphatic carbocycles. The van der Waals surface area contributed by atoms with Crippen molar-refractivity contribution in [1.82, 2.24) is 24.6 Å². The minimum absolute atomic E-state index is 0.00795. The van der Waals surface area contributed by atoms with Gasteiger partial charge in [0.05, 0.1) is 23.6 Å². The molecule has 11 heteroatoms. The Morgan fingerprint density at radius 3 is 2.76 bits per heavy atom. The molecule has 0 radical (unpaired) electrons. The Kier molecular flexibility index (Phi) is 8.04. The molecular weight excluding hydrogens is 549 g/mol. The Balaban J connectivity index is 1.41. The largest absolute Gasteiger partial charge is 0.497 e. The summed E-state index contributed by atoms with van der Waals surface area (Å²) in [6.07, 6.45) is 2.08. The summed E-state index contributed by atoms with van der Waals surface area (Å²) in [5.41, 5.74) is 2.01. The smallest absolute Gasteiger partial charge is 0.273 e. The Labute approximate surface area is 233 Å². The molecule has 192 valence electrons. The maximum atomic E-state index is 12.9. The molecule has 1 amide bonds. The van der Waals surface area contributed by atoms with Gasteiger partial charge in [0, 0.05) is 29.1 Å². The van der Waals surface area contributed by atoms with E-state index in [4.69, 9.17) is 27.9 Å². The molecular formula is C26H25Cl2N5O2S2. The van der Waals surface area contributed by atoms with Crippen molar-refractivity contribution in [3.05, 3.63) is 68.6 Å². The molecule has 2 aromatic carbocycles. The number of carbonyl (C=O) groups excluding carboxylic acids is 1. The van der Waals surface area contributed by atoms with Gasteiger partial charge in [0.2, 0.25) is 0 Å². The zero-order valence-electron chi connectivity index (χ0n) is 20.4.